The van der Waals surface area contributed by atoms with Crippen LogP contribution in [-0.4, -0.2) is 23.9 Å². The molecule has 2 aromatic carbocycles. The molecule has 28 heavy (non-hydrogen) atoms. The zero-order valence-electron chi connectivity index (χ0n) is 17.0. The summed E-state index contributed by atoms with van der Waals surface area (Å²) in [6.07, 6.45) is 4.59. The molecular weight excluding hydrogens is 348 g/mol. The number of carbonyl (C=O) groups is 2. The number of carbonyl (C=O) groups excluding carboxylic acids is 2. The van der Waals surface area contributed by atoms with Crippen LogP contribution in [0.3, 0.4) is 0 Å². The number of hydrogen-bond acceptors (Lipinski definition) is 2. The molecule has 148 valence electrons. The second-order valence-electron chi connectivity index (χ2n) is 8.82. The van der Waals surface area contributed by atoms with Gasteiger partial charge in [0.1, 0.15) is 0 Å². The predicted octanol–water partition coefficient (Wildman–Crippen LogP) is 4.46. The Hall–Kier alpha value is -2.62. The van der Waals surface area contributed by atoms with E-state index < -0.39 is 0 Å². The first-order chi connectivity index (χ1) is 13.3. The second kappa shape index (κ2) is 8.17. The maximum atomic E-state index is 12.7. The van der Waals surface area contributed by atoms with Crippen LogP contribution >= 0.6 is 0 Å². The van der Waals surface area contributed by atoms with Crippen molar-refractivity contribution in [2.24, 2.45) is 0 Å². The molecule has 1 aliphatic rings. The fourth-order valence-corrected chi connectivity index (χ4v) is 3.95. The average Bonchev–Trinajstić information content (AvgIpc) is 3.16. The van der Waals surface area contributed by atoms with Crippen molar-refractivity contribution in [2.45, 2.75) is 57.4 Å². The standard InChI is InChI=1S/C24H30N2O2/c1-23(2,3)26-22(28)19-13-11-18(12-14-19)21(27)25-17-24(15-7-8-16-24)20-9-5-4-6-10-20/h4-6,9-14H,7-8,15-17H2,1-3H3,(H,25,27)(H,26,28). The molecule has 1 saturated carbocycles. The van der Waals surface area contributed by atoms with Crippen LogP contribution in [-0.2, 0) is 5.41 Å². The lowest BCUT2D eigenvalue weighted by Crippen LogP contribution is -2.40. The fourth-order valence-electron chi connectivity index (χ4n) is 3.95. The summed E-state index contributed by atoms with van der Waals surface area (Å²) >= 11 is 0. The second-order valence-corrected chi connectivity index (χ2v) is 8.82. The molecule has 0 heterocycles. The van der Waals surface area contributed by atoms with E-state index in [9.17, 15) is 9.59 Å². The van der Waals surface area contributed by atoms with Crippen molar-refractivity contribution in [2.75, 3.05) is 6.54 Å². The molecule has 1 aliphatic carbocycles. The Balaban J connectivity index is 1.65. The lowest BCUT2D eigenvalue weighted by Gasteiger charge is -2.30. The van der Waals surface area contributed by atoms with Gasteiger partial charge in [-0.3, -0.25) is 9.59 Å². The summed E-state index contributed by atoms with van der Waals surface area (Å²) in [6, 6.07) is 17.4. The molecule has 4 nitrogen and oxygen atoms in total. The van der Waals surface area contributed by atoms with E-state index >= 15 is 0 Å². The molecule has 4 heteroatoms. The van der Waals surface area contributed by atoms with E-state index in [1.54, 1.807) is 24.3 Å². The highest BCUT2D eigenvalue weighted by Crippen LogP contribution is 2.40. The Morgan fingerprint density at radius 2 is 1.39 bits per heavy atom. The van der Waals surface area contributed by atoms with Gasteiger partial charge in [-0.1, -0.05) is 43.2 Å². The third-order valence-corrected chi connectivity index (χ3v) is 5.43. The SMILES string of the molecule is CC(C)(C)NC(=O)c1ccc(C(=O)NCC2(c3ccccc3)CCCC2)cc1. The Morgan fingerprint density at radius 1 is 0.857 bits per heavy atom. The molecule has 0 unspecified atom stereocenters. The van der Waals surface area contributed by atoms with Crippen molar-refractivity contribution >= 4 is 11.8 Å². The van der Waals surface area contributed by atoms with Crippen LogP contribution in [0.4, 0.5) is 0 Å². The molecule has 2 amide bonds. The topological polar surface area (TPSA) is 58.2 Å². The third-order valence-electron chi connectivity index (χ3n) is 5.43. The number of rotatable bonds is 5. The van der Waals surface area contributed by atoms with E-state index in [2.05, 4.69) is 34.9 Å². The van der Waals surface area contributed by atoms with E-state index in [0.29, 0.717) is 17.7 Å². The lowest BCUT2D eigenvalue weighted by atomic mass is 9.79. The number of nitrogens with one attached hydrogen (secondary N) is 2. The molecule has 2 aromatic rings. The van der Waals surface area contributed by atoms with Gasteiger partial charge in [0.2, 0.25) is 0 Å². The number of amides is 2. The van der Waals surface area contributed by atoms with Gasteiger partial charge in [-0.15, -0.1) is 0 Å². The van der Waals surface area contributed by atoms with Crippen LogP contribution in [0.25, 0.3) is 0 Å². The quantitative estimate of drug-likeness (QED) is 0.807. The van der Waals surface area contributed by atoms with Crippen molar-refractivity contribution in [3.8, 4) is 0 Å². The minimum atomic E-state index is -0.291. The Kier molecular flexibility index (Phi) is 5.87. The van der Waals surface area contributed by atoms with Gasteiger partial charge in [0.05, 0.1) is 0 Å². The first-order valence-electron chi connectivity index (χ1n) is 10.1. The zero-order valence-corrected chi connectivity index (χ0v) is 17.0. The fraction of sp³-hybridized carbons (Fsp3) is 0.417. The molecular formula is C24H30N2O2. The normalized spacial score (nSPS) is 15.8. The number of hydrogen-bond donors (Lipinski definition) is 2. The minimum absolute atomic E-state index is 0.0312. The van der Waals surface area contributed by atoms with Gasteiger partial charge in [0.25, 0.3) is 11.8 Å². The lowest BCUT2D eigenvalue weighted by molar-refractivity contribution is 0.0914. The van der Waals surface area contributed by atoms with E-state index in [1.807, 2.05) is 26.8 Å². The highest BCUT2D eigenvalue weighted by molar-refractivity contribution is 5.98. The largest absolute Gasteiger partial charge is 0.351 e. The van der Waals surface area contributed by atoms with Gasteiger partial charge in [-0.25, -0.2) is 0 Å². The first-order valence-corrected chi connectivity index (χ1v) is 10.1. The highest BCUT2D eigenvalue weighted by Gasteiger charge is 2.35. The van der Waals surface area contributed by atoms with Crippen LogP contribution in [0.5, 0.6) is 0 Å². The van der Waals surface area contributed by atoms with Crippen LogP contribution in [0.1, 0.15) is 72.7 Å². The molecule has 0 bridgehead atoms. The molecule has 0 saturated heterocycles. The smallest absolute Gasteiger partial charge is 0.251 e. The van der Waals surface area contributed by atoms with Crippen molar-refractivity contribution in [3.05, 3.63) is 71.3 Å². The predicted molar refractivity (Wildman–Crippen MR) is 113 cm³/mol. The minimum Gasteiger partial charge on any atom is -0.351 e. The van der Waals surface area contributed by atoms with E-state index in [1.165, 1.54) is 18.4 Å². The van der Waals surface area contributed by atoms with E-state index in [-0.39, 0.29) is 22.8 Å². The van der Waals surface area contributed by atoms with E-state index in [4.69, 9.17) is 0 Å². The van der Waals surface area contributed by atoms with Gasteiger partial charge >= 0.3 is 0 Å². The summed E-state index contributed by atoms with van der Waals surface area (Å²) in [6.45, 7) is 6.47. The van der Waals surface area contributed by atoms with Crippen LogP contribution < -0.4 is 10.6 Å². The van der Waals surface area contributed by atoms with Crippen molar-refractivity contribution < 1.29 is 9.59 Å². The maximum absolute atomic E-state index is 12.7. The Bertz CT molecular complexity index is 814. The summed E-state index contributed by atoms with van der Waals surface area (Å²) in [5.41, 5.74) is 2.18. The molecule has 0 aliphatic heterocycles. The summed E-state index contributed by atoms with van der Waals surface area (Å²) < 4.78 is 0. The van der Waals surface area contributed by atoms with Gasteiger partial charge in [0.15, 0.2) is 0 Å². The Labute approximate surface area is 167 Å². The molecule has 3 rings (SSSR count). The first kappa shape index (κ1) is 20.1. The summed E-state index contributed by atoms with van der Waals surface area (Å²) in [5.74, 6) is -0.224. The molecule has 0 aromatic heterocycles. The van der Waals surface area contributed by atoms with E-state index in [0.717, 1.165) is 12.8 Å². The number of benzene rings is 2. The summed E-state index contributed by atoms with van der Waals surface area (Å²) in [5, 5.41) is 6.06. The van der Waals surface area contributed by atoms with Gasteiger partial charge in [-0.2, -0.15) is 0 Å². The van der Waals surface area contributed by atoms with Gasteiger partial charge in [0, 0.05) is 28.6 Å². The molecule has 0 radical (unpaired) electrons. The molecule has 0 atom stereocenters. The molecule has 1 fully saturated rings. The van der Waals surface area contributed by atoms with Crippen molar-refractivity contribution in [3.63, 3.8) is 0 Å². The third kappa shape index (κ3) is 4.80. The summed E-state index contributed by atoms with van der Waals surface area (Å²) in [4.78, 5) is 24.9. The zero-order chi connectivity index (χ0) is 20.2. The van der Waals surface area contributed by atoms with Crippen molar-refractivity contribution in [1.82, 2.24) is 10.6 Å². The maximum Gasteiger partial charge on any atom is 0.251 e. The Morgan fingerprint density at radius 3 is 1.93 bits per heavy atom. The van der Waals surface area contributed by atoms with Gasteiger partial charge in [-0.05, 0) is 63.4 Å². The molecule has 0 spiro atoms. The van der Waals surface area contributed by atoms with Gasteiger partial charge < -0.3 is 10.6 Å². The van der Waals surface area contributed by atoms with Crippen molar-refractivity contribution in [1.29, 1.82) is 0 Å². The van der Waals surface area contributed by atoms with Crippen LogP contribution in [0.15, 0.2) is 54.6 Å². The summed E-state index contributed by atoms with van der Waals surface area (Å²) in [7, 11) is 0. The monoisotopic (exact) mass is 378 g/mol. The molecule has 2 N–H and O–H groups in total. The van der Waals surface area contributed by atoms with Crippen LogP contribution in [0.2, 0.25) is 0 Å². The highest BCUT2D eigenvalue weighted by atomic mass is 16.2. The van der Waals surface area contributed by atoms with Crippen LogP contribution in [0, 0.1) is 0 Å². The average molecular weight is 379 g/mol.